The molecule has 0 radical (unpaired) electrons. The smallest absolute Gasteiger partial charge is 0.230 e. The summed E-state index contributed by atoms with van der Waals surface area (Å²) in [6.45, 7) is 4.53. The van der Waals surface area contributed by atoms with Gasteiger partial charge in [0.2, 0.25) is 5.91 Å². The lowest BCUT2D eigenvalue weighted by molar-refractivity contribution is -0.131. The van der Waals surface area contributed by atoms with Crippen molar-refractivity contribution >= 4 is 11.7 Å². The Kier molecular flexibility index (Phi) is 4.37. The quantitative estimate of drug-likeness (QED) is 0.340. The first-order valence-electron chi connectivity index (χ1n) is 6.08. The van der Waals surface area contributed by atoms with Crippen LogP contribution in [0.15, 0.2) is 5.16 Å². The summed E-state index contributed by atoms with van der Waals surface area (Å²) in [5, 5.41) is 11.3. The summed E-state index contributed by atoms with van der Waals surface area (Å²) in [6.07, 6.45) is 4.33. The molecule has 0 aliphatic heterocycles. The predicted octanol–water partition coefficient (Wildman–Crippen LogP) is 1.55. The number of rotatable bonds is 3. The van der Waals surface area contributed by atoms with Crippen LogP contribution in [0.5, 0.6) is 0 Å². The fourth-order valence-corrected chi connectivity index (χ4v) is 2.29. The van der Waals surface area contributed by atoms with Crippen LogP contribution in [0, 0.1) is 5.41 Å². The molecule has 0 atom stereocenters. The maximum Gasteiger partial charge on any atom is 0.230 e. The Balaban J connectivity index is 2.48. The van der Waals surface area contributed by atoms with Gasteiger partial charge in [-0.2, -0.15) is 0 Å². The average molecular weight is 241 g/mol. The van der Waals surface area contributed by atoms with Crippen LogP contribution in [0.1, 0.15) is 46.0 Å². The molecule has 3 N–H and O–H groups in total. The Bertz CT molecular complexity index is 303. The highest BCUT2D eigenvalue weighted by molar-refractivity contribution is 5.98. The highest BCUT2D eigenvalue weighted by Gasteiger charge is 2.30. The van der Waals surface area contributed by atoms with E-state index >= 15 is 0 Å². The van der Waals surface area contributed by atoms with E-state index in [4.69, 9.17) is 10.9 Å². The lowest BCUT2D eigenvalue weighted by Crippen LogP contribution is -2.42. The summed E-state index contributed by atoms with van der Waals surface area (Å²) in [6, 6.07) is 0.294. The van der Waals surface area contributed by atoms with Crippen molar-refractivity contribution in [3.05, 3.63) is 0 Å². The van der Waals surface area contributed by atoms with Crippen LogP contribution in [0.4, 0.5) is 0 Å². The molecule has 98 valence electrons. The summed E-state index contributed by atoms with van der Waals surface area (Å²) >= 11 is 0. The third-order valence-electron chi connectivity index (χ3n) is 3.71. The molecule has 0 bridgehead atoms. The second-order valence-electron chi connectivity index (χ2n) is 5.67. The minimum absolute atomic E-state index is 0.00705. The standard InChI is InChI=1S/C12H23N3O2/c1-12(2)6-4-9(5-7-12)15(3)11(16)8-10(13)14-17/h9,17H,4-8H2,1-3H3,(H2,13,14). The maximum absolute atomic E-state index is 11.8. The Morgan fingerprint density at radius 2 is 2.00 bits per heavy atom. The van der Waals surface area contributed by atoms with Crippen LogP contribution in [-0.4, -0.2) is 34.9 Å². The molecule has 0 unspecified atom stereocenters. The Morgan fingerprint density at radius 3 is 2.47 bits per heavy atom. The Labute approximate surface area is 103 Å². The fraction of sp³-hybridized carbons (Fsp3) is 0.833. The molecule has 1 fully saturated rings. The number of nitrogens with zero attached hydrogens (tertiary/aromatic N) is 2. The number of nitrogens with two attached hydrogens (primary N) is 1. The third kappa shape index (κ3) is 3.91. The summed E-state index contributed by atoms with van der Waals surface area (Å²) in [7, 11) is 1.80. The van der Waals surface area contributed by atoms with Crippen molar-refractivity contribution in [1.82, 2.24) is 4.90 Å². The zero-order valence-electron chi connectivity index (χ0n) is 10.9. The molecular weight excluding hydrogens is 218 g/mol. The third-order valence-corrected chi connectivity index (χ3v) is 3.71. The maximum atomic E-state index is 11.8. The first kappa shape index (κ1) is 13.8. The van der Waals surface area contributed by atoms with E-state index in [0.29, 0.717) is 11.5 Å². The van der Waals surface area contributed by atoms with Crippen molar-refractivity contribution in [2.75, 3.05) is 7.05 Å². The molecule has 0 aromatic carbocycles. The number of hydrogen-bond acceptors (Lipinski definition) is 3. The predicted molar refractivity (Wildman–Crippen MR) is 66.8 cm³/mol. The SMILES string of the molecule is CN(C(=O)CC(N)=NO)C1CCC(C)(C)CC1. The Hall–Kier alpha value is -1.26. The van der Waals surface area contributed by atoms with Crippen LogP contribution in [0.2, 0.25) is 0 Å². The minimum Gasteiger partial charge on any atom is -0.409 e. The van der Waals surface area contributed by atoms with E-state index in [1.807, 2.05) is 0 Å². The fourth-order valence-electron chi connectivity index (χ4n) is 2.29. The van der Waals surface area contributed by atoms with Crippen LogP contribution in [0.3, 0.4) is 0 Å². The molecule has 1 amide bonds. The van der Waals surface area contributed by atoms with Gasteiger partial charge in [0.25, 0.3) is 0 Å². The summed E-state index contributed by atoms with van der Waals surface area (Å²) in [5.74, 6) is -0.108. The number of amidine groups is 1. The van der Waals surface area contributed by atoms with E-state index < -0.39 is 0 Å². The van der Waals surface area contributed by atoms with Gasteiger partial charge in [-0.3, -0.25) is 4.79 Å². The molecule has 1 aliphatic carbocycles. The van der Waals surface area contributed by atoms with Gasteiger partial charge in [0, 0.05) is 13.1 Å². The van der Waals surface area contributed by atoms with Crippen molar-refractivity contribution in [3.8, 4) is 0 Å². The van der Waals surface area contributed by atoms with E-state index in [9.17, 15) is 4.79 Å². The highest BCUT2D eigenvalue weighted by Crippen LogP contribution is 2.36. The van der Waals surface area contributed by atoms with Gasteiger partial charge in [-0.15, -0.1) is 0 Å². The largest absolute Gasteiger partial charge is 0.409 e. The lowest BCUT2D eigenvalue weighted by atomic mass is 9.75. The molecule has 0 saturated heterocycles. The normalized spacial score (nSPS) is 21.2. The zero-order chi connectivity index (χ0) is 13.1. The zero-order valence-corrected chi connectivity index (χ0v) is 10.9. The van der Waals surface area contributed by atoms with Crippen molar-refractivity contribution in [2.45, 2.75) is 52.0 Å². The minimum atomic E-state index is -0.0787. The van der Waals surface area contributed by atoms with Gasteiger partial charge < -0.3 is 15.8 Å². The number of amides is 1. The lowest BCUT2D eigenvalue weighted by Gasteiger charge is -2.38. The second-order valence-corrected chi connectivity index (χ2v) is 5.67. The van der Waals surface area contributed by atoms with Crippen molar-refractivity contribution < 1.29 is 10.0 Å². The van der Waals surface area contributed by atoms with Gasteiger partial charge in [0.05, 0.1) is 6.42 Å². The van der Waals surface area contributed by atoms with Crippen molar-refractivity contribution in [2.24, 2.45) is 16.3 Å². The van der Waals surface area contributed by atoms with Gasteiger partial charge in [0.15, 0.2) is 0 Å². The molecule has 0 aromatic heterocycles. The Morgan fingerprint density at radius 1 is 1.47 bits per heavy atom. The number of oxime groups is 1. The molecule has 1 saturated carbocycles. The van der Waals surface area contributed by atoms with Gasteiger partial charge in [-0.05, 0) is 31.1 Å². The van der Waals surface area contributed by atoms with Gasteiger partial charge in [-0.1, -0.05) is 19.0 Å². The van der Waals surface area contributed by atoms with Crippen molar-refractivity contribution in [1.29, 1.82) is 0 Å². The molecule has 17 heavy (non-hydrogen) atoms. The molecule has 0 spiro atoms. The van der Waals surface area contributed by atoms with Gasteiger partial charge in [0.1, 0.15) is 5.84 Å². The van der Waals surface area contributed by atoms with Gasteiger partial charge in [-0.25, -0.2) is 0 Å². The number of carbonyl (C=O) groups excluding carboxylic acids is 1. The monoisotopic (exact) mass is 241 g/mol. The van der Waals surface area contributed by atoms with Gasteiger partial charge >= 0.3 is 0 Å². The number of hydrogen-bond donors (Lipinski definition) is 2. The van der Waals surface area contributed by atoms with Crippen LogP contribution in [0.25, 0.3) is 0 Å². The second kappa shape index (κ2) is 5.38. The van der Waals surface area contributed by atoms with Crippen LogP contribution >= 0.6 is 0 Å². The van der Waals surface area contributed by atoms with E-state index in [1.54, 1.807) is 11.9 Å². The summed E-state index contributed by atoms with van der Waals surface area (Å²) < 4.78 is 0. The number of carbonyl (C=O) groups is 1. The molecule has 0 aromatic rings. The van der Waals surface area contributed by atoms with Crippen LogP contribution in [-0.2, 0) is 4.79 Å². The summed E-state index contributed by atoms with van der Waals surface area (Å²) in [4.78, 5) is 13.6. The molecule has 0 heterocycles. The molecule has 5 heteroatoms. The first-order chi connectivity index (χ1) is 7.85. The molecule has 5 nitrogen and oxygen atoms in total. The van der Waals surface area contributed by atoms with E-state index in [-0.39, 0.29) is 18.2 Å². The molecule has 1 rings (SSSR count). The molecule has 1 aliphatic rings. The molecular formula is C12H23N3O2. The van der Waals surface area contributed by atoms with E-state index in [1.165, 1.54) is 0 Å². The highest BCUT2D eigenvalue weighted by atomic mass is 16.4. The van der Waals surface area contributed by atoms with Crippen LogP contribution < -0.4 is 5.73 Å². The summed E-state index contributed by atoms with van der Waals surface area (Å²) in [5.41, 5.74) is 5.73. The van der Waals surface area contributed by atoms with E-state index in [2.05, 4.69) is 19.0 Å². The topological polar surface area (TPSA) is 78.9 Å². The van der Waals surface area contributed by atoms with Crippen molar-refractivity contribution in [3.63, 3.8) is 0 Å². The average Bonchev–Trinajstić information content (AvgIpc) is 2.27. The first-order valence-corrected chi connectivity index (χ1v) is 6.08. The van der Waals surface area contributed by atoms with E-state index in [0.717, 1.165) is 25.7 Å².